The Balaban J connectivity index is 1.68. The summed E-state index contributed by atoms with van der Waals surface area (Å²) >= 11 is 0. The molecule has 0 aliphatic carbocycles. The number of carbonyl (C=O) groups is 2. The molecular weight excluding hydrogens is 366 g/mol. The second-order valence-electron chi connectivity index (χ2n) is 7.17. The summed E-state index contributed by atoms with van der Waals surface area (Å²) in [4.78, 5) is 28.7. The standard InChI is InChI=1S/C23H23N3O3/c1-16-15-25(23(28)22-9-6-12-29-22)21-13-19(10-11-20(21)26(16)17(2)27)24-14-18-7-4-3-5-8-18/h3-13,16,24H,14-15H2,1-2H3. The summed E-state index contributed by atoms with van der Waals surface area (Å²) in [5, 5.41) is 3.40. The summed E-state index contributed by atoms with van der Waals surface area (Å²) in [5.41, 5.74) is 3.45. The fourth-order valence-electron chi connectivity index (χ4n) is 3.74. The molecule has 0 saturated carbocycles. The van der Waals surface area contributed by atoms with Crippen LogP contribution in [0.25, 0.3) is 0 Å². The lowest BCUT2D eigenvalue weighted by Crippen LogP contribution is -2.51. The van der Waals surface area contributed by atoms with E-state index < -0.39 is 0 Å². The van der Waals surface area contributed by atoms with Crippen molar-refractivity contribution in [1.82, 2.24) is 0 Å². The van der Waals surface area contributed by atoms with Crippen molar-refractivity contribution in [3.05, 3.63) is 78.3 Å². The summed E-state index contributed by atoms with van der Waals surface area (Å²) in [6, 6.07) is 19.0. The summed E-state index contributed by atoms with van der Waals surface area (Å²) < 4.78 is 5.32. The zero-order chi connectivity index (χ0) is 20.4. The monoisotopic (exact) mass is 389 g/mol. The van der Waals surface area contributed by atoms with Crippen LogP contribution in [0, 0.1) is 0 Å². The highest BCUT2D eigenvalue weighted by atomic mass is 16.3. The van der Waals surface area contributed by atoms with Gasteiger partial charge in [-0.25, -0.2) is 0 Å². The first kappa shape index (κ1) is 18.8. The van der Waals surface area contributed by atoms with E-state index in [2.05, 4.69) is 17.4 Å². The predicted molar refractivity (Wildman–Crippen MR) is 113 cm³/mol. The molecule has 6 heteroatoms. The minimum atomic E-state index is -0.216. The molecule has 6 nitrogen and oxygen atoms in total. The molecule has 2 amide bonds. The highest BCUT2D eigenvalue weighted by Gasteiger charge is 2.34. The van der Waals surface area contributed by atoms with Gasteiger partial charge in [0.1, 0.15) is 0 Å². The Kier molecular flexibility index (Phi) is 5.08. The first-order chi connectivity index (χ1) is 14.0. The zero-order valence-electron chi connectivity index (χ0n) is 16.5. The molecule has 29 heavy (non-hydrogen) atoms. The van der Waals surface area contributed by atoms with Crippen LogP contribution in [0.3, 0.4) is 0 Å². The average molecular weight is 389 g/mol. The third kappa shape index (κ3) is 3.74. The molecule has 1 unspecified atom stereocenters. The molecule has 1 aliphatic heterocycles. The van der Waals surface area contributed by atoms with Crippen LogP contribution in [0.2, 0.25) is 0 Å². The van der Waals surface area contributed by atoms with Crippen molar-refractivity contribution in [2.75, 3.05) is 21.7 Å². The molecule has 1 N–H and O–H groups in total. The molecule has 2 aromatic carbocycles. The van der Waals surface area contributed by atoms with Gasteiger partial charge in [-0.05, 0) is 42.8 Å². The largest absolute Gasteiger partial charge is 0.459 e. The molecule has 2 heterocycles. The quantitative estimate of drug-likeness (QED) is 0.723. The van der Waals surface area contributed by atoms with Gasteiger partial charge < -0.3 is 19.5 Å². The van der Waals surface area contributed by atoms with Crippen LogP contribution < -0.4 is 15.1 Å². The van der Waals surface area contributed by atoms with Crippen LogP contribution in [-0.4, -0.2) is 24.4 Å². The van der Waals surface area contributed by atoms with E-state index in [0.29, 0.717) is 18.8 Å². The van der Waals surface area contributed by atoms with Gasteiger partial charge in [-0.2, -0.15) is 0 Å². The molecule has 0 fully saturated rings. The number of hydrogen-bond acceptors (Lipinski definition) is 4. The Morgan fingerprint density at radius 1 is 1.07 bits per heavy atom. The predicted octanol–water partition coefficient (Wildman–Crippen LogP) is 4.29. The zero-order valence-corrected chi connectivity index (χ0v) is 16.5. The van der Waals surface area contributed by atoms with Crippen molar-refractivity contribution in [2.24, 2.45) is 0 Å². The lowest BCUT2D eigenvalue weighted by molar-refractivity contribution is -0.117. The van der Waals surface area contributed by atoms with E-state index in [0.717, 1.165) is 16.9 Å². The molecular formula is C23H23N3O3. The Hall–Kier alpha value is -3.54. The number of nitrogens with one attached hydrogen (secondary N) is 1. The van der Waals surface area contributed by atoms with Crippen LogP contribution in [0.1, 0.15) is 30.0 Å². The van der Waals surface area contributed by atoms with E-state index in [1.807, 2.05) is 43.3 Å². The fraction of sp³-hybridized carbons (Fsp3) is 0.217. The number of furan rings is 1. The Bertz CT molecular complexity index is 1020. The molecule has 4 rings (SSSR count). The second kappa shape index (κ2) is 7.83. The molecule has 1 atom stereocenters. The lowest BCUT2D eigenvalue weighted by Gasteiger charge is -2.40. The second-order valence-corrected chi connectivity index (χ2v) is 7.17. The molecule has 0 saturated heterocycles. The number of rotatable bonds is 4. The highest BCUT2D eigenvalue weighted by molar-refractivity contribution is 6.09. The molecule has 0 spiro atoms. The van der Waals surface area contributed by atoms with Crippen molar-refractivity contribution in [3.63, 3.8) is 0 Å². The maximum atomic E-state index is 13.0. The van der Waals surface area contributed by atoms with Gasteiger partial charge in [0.15, 0.2) is 5.76 Å². The van der Waals surface area contributed by atoms with E-state index in [1.54, 1.807) is 28.9 Å². The fourth-order valence-corrected chi connectivity index (χ4v) is 3.74. The number of carbonyl (C=O) groups excluding carboxylic acids is 2. The van der Waals surface area contributed by atoms with Gasteiger partial charge in [-0.3, -0.25) is 9.59 Å². The van der Waals surface area contributed by atoms with Crippen LogP contribution in [0.15, 0.2) is 71.3 Å². The topological polar surface area (TPSA) is 65.8 Å². The molecule has 0 bridgehead atoms. The van der Waals surface area contributed by atoms with Crippen LogP contribution in [0.4, 0.5) is 17.1 Å². The number of amides is 2. The van der Waals surface area contributed by atoms with E-state index in [4.69, 9.17) is 4.42 Å². The van der Waals surface area contributed by atoms with E-state index in [9.17, 15) is 9.59 Å². The molecule has 1 aromatic heterocycles. The minimum absolute atomic E-state index is 0.0474. The third-order valence-corrected chi connectivity index (χ3v) is 5.07. The number of benzene rings is 2. The van der Waals surface area contributed by atoms with Gasteiger partial charge in [0.05, 0.1) is 23.7 Å². The van der Waals surface area contributed by atoms with Crippen molar-refractivity contribution in [3.8, 4) is 0 Å². The number of fused-ring (bicyclic) bond motifs is 1. The van der Waals surface area contributed by atoms with Gasteiger partial charge in [-0.15, -0.1) is 0 Å². The maximum Gasteiger partial charge on any atom is 0.294 e. The van der Waals surface area contributed by atoms with Gasteiger partial charge in [-0.1, -0.05) is 30.3 Å². The summed E-state index contributed by atoms with van der Waals surface area (Å²) in [6.45, 7) is 4.55. The van der Waals surface area contributed by atoms with Crippen LogP contribution in [0.5, 0.6) is 0 Å². The SMILES string of the molecule is CC(=O)N1c2ccc(NCc3ccccc3)cc2N(C(=O)c2ccco2)CC1C. The molecule has 0 radical (unpaired) electrons. The Morgan fingerprint density at radius 3 is 2.55 bits per heavy atom. The maximum absolute atomic E-state index is 13.0. The highest BCUT2D eigenvalue weighted by Crippen LogP contribution is 2.38. The normalized spacial score (nSPS) is 15.7. The third-order valence-electron chi connectivity index (χ3n) is 5.07. The van der Waals surface area contributed by atoms with Gasteiger partial charge in [0, 0.05) is 25.7 Å². The number of hydrogen-bond donors (Lipinski definition) is 1. The first-order valence-corrected chi connectivity index (χ1v) is 9.61. The summed E-state index contributed by atoms with van der Waals surface area (Å²) in [5.74, 6) is 0.0161. The molecule has 1 aliphatic rings. The van der Waals surface area contributed by atoms with Crippen LogP contribution >= 0.6 is 0 Å². The van der Waals surface area contributed by atoms with Gasteiger partial charge in [0.25, 0.3) is 5.91 Å². The van der Waals surface area contributed by atoms with Gasteiger partial charge >= 0.3 is 0 Å². The van der Waals surface area contributed by atoms with Crippen molar-refractivity contribution < 1.29 is 14.0 Å². The summed E-state index contributed by atoms with van der Waals surface area (Å²) in [6.07, 6.45) is 1.49. The van der Waals surface area contributed by atoms with Crippen molar-refractivity contribution in [1.29, 1.82) is 0 Å². The van der Waals surface area contributed by atoms with Gasteiger partial charge in [0.2, 0.25) is 5.91 Å². The van der Waals surface area contributed by atoms with E-state index in [1.165, 1.54) is 6.26 Å². The first-order valence-electron chi connectivity index (χ1n) is 9.61. The number of anilines is 3. The number of nitrogens with zero attached hydrogens (tertiary/aromatic N) is 2. The lowest BCUT2D eigenvalue weighted by atomic mass is 10.1. The smallest absolute Gasteiger partial charge is 0.294 e. The Labute approximate surface area is 169 Å². The Morgan fingerprint density at radius 2 is 1.86 bits per heavy atom. The van der Waals surface area contributed by atoms with Crippen molar-refractivity contribution in [2.45, 2.75) is 26.4 Å². The van der Waals surface area contributed by atoms with Crippen LogP contribution in [-0.2, 0) is 11.3 Å². The van der Waals surface area contributed by atoms with E-state index >= 15 is 0 Å². The molecule has 148 valence electrons. The molecule has 3 aromatic rings. The average Bonchev–Trinajstić information content (AvgIpc) is 3.26. The minimum Gasteiger partial charge on any atom is -0.459 e. The van der Waals surface area contributed by atoms with E-state index in [-0.39, 0.29) is 23.6 Å². The van der Waals surface area contributed by atoms with Crippen molar-refractivity contribution >= 4 is 28.9 Å². The summed E-state index contributed by atoms with van der Waals surface area (Å²) in [7, 11) is 0.